The topological polar surface area (TPSA) is 91.4 Å². The van der Waals surface area contributed by atoms with Crippen molar-refractivity contribution in [1.82, 2.24) is 4.73 Å². The van der Waals surface area contributed by atoms with Crippen LogP contribution < -0.4 is 4.43 Å². The van der Waals surface area contributed by atoms with E-state index in [0.29, 0.717) is 22.0 Å². The lowest BCUT2D eigenvalue weighted by Gasteiger charge is -2.28. The second-order valence-corrected chi connectivity index (χ2v) is 4.14. The van der Waals surface area contributed by atoms with Crippen LogP contribution in [0.5, 0.6) is 0 Å². The number of fused-ring (bicyclic) bond motifs is 1. The first-order valence-corrected chi connectivity index (χ1v) is 5.17. The van der Waals surface area contributed by atoms with Crippen molar-refractivity contribution in [2.45, 2.75) is 38.9 Å². The summed E-state index contributed by atoms with van der Waals surface area (Å²) in [6, 6.07) is 0. The summed E-state index contributed by atoms with van der Waals surface area (Å²) >= 11 is 0. The molecule has 2 atom stereocenters. The van der Waals surface area contributed by atoms with Gasteiger partial charge in [0.05, 0.1) is 10.1 Å². The molecular formula is C10H14N2O4. The molecule has 16 heavy (non-hydrogen) atoms. The molecule has 0 aromatic carbocycles. The van der Waals surface area contributed by atoms with Gasteiger partial charge >= 0.3 is 0 Å². The molecule has 6 heteroatoms. The van der Waals surface area contributed by atoms with Gasteiger partial charge in [-0.2, -0.15) is 0 Å². The molecule has 2 rings (SSSR count). The van der Waals surface area contributed by atoms with Crippen molar-refractivity contribution in [2.75, 3.05) is 0 Å². The molecule has 0 aliphatic heterocycles. The zero-order valence-corrected chi connectivity index (χ0v) is 9.17. The summed E-state index contributed by atoms with van der Waals surface area (Å²) in [4.78, 5) is 11.8. The van der Waals surface area contributed by atoms with Crippen molar-refractivity contribution >= 4 is 0 Å². The van der Waals surface area contributed by atoms with Gasteiger partial charge in [-0.25, -0.2) is 0 Å². The third-order valence-electron chi connectivity index (χ3n) is 3.18. The Morgan fingerprint density at radius 2 is 1.88 bits per heavy atom. The first kappa shape index (κ1) is 11.1. The molecule has 6 nitrogen and oxygen atoms in total. The highest BCUT2D eigenvalue weighted by molar-refractivity contribution is 5.22. The first-order chi connectivity index (χ1) is 7.45. The normalized spacial score (nSPS) is 24.2. The van der Waals surface area contributed by atoms with Gasteiger partial charge in [0.1, 0.15) is 17.9 Å². The third kappa shape index (κ3) is 1.34. The summed E-state index contributed by atoms with van der Waals surface area (Å²) in [5.41, 5.74) is 0.470. The molecule has 2 unspecified atom stereocenters. The number of hydrogen-bond acceptors (Lipinski definition) is 4. The first-order valence-electron chi connectivity index (χ1n) is 5.17. The maximum atomic E-state index is 11.8. The number of rotatable bonds is 0. The lowest BCUT2D eigenvalue weighted by Crippen LogP contribution is -2.36. The van der Waals surface area contributed by atoms with E-state index in [1.807, 2.05) is 0 Å². The lowest BCUT2D eigenvalue weighted by atomic mass is 9.94. The SMILES string of the molecule is Cc1c(C)[n+](=O)c2c(n1[O-])C(O)CCC2O. The summed E-state index contributed by atoms with van der Waals surface area (Å²) in [5.74, 6) is 0. The van der Waals surface area contributed by atoms with Crippen LogP contribution in [0.3, 0.4) is 0 Å². The van der Waals surface area contributed by atoms with Crippen molar-refractivity contribution in [3.63, 3.8) is 0 Å². The highest BCUT2D eigenvalue weighted by atomic mass is 16.5. The summed E-state index contributed by atoms with van der Waals surface area (Å²) < 4.78 is 1.10. The Morgan fingerprint density at radius 1 is 1.31 bits per heavy atom. The maximum Gasteiger partial charge on any atom is 0.289 e. The van der Waals surface area contributed by atoms with Crippen LogP contribution in [0.1, 0.15) is 47.8 Å². The summed E-state index contributed by atoms with van der Waals surface area (Å²) in [5, 5.41) is 31.3. The average Bonchev–Trinajstić information content (AvgIpc) is 2.26. The van der Waals surface area contributed by atoms with Crippen molar-refractivity contribution < 1.29 is 14.6 Å². The van der Waals surface area contributed by atoms with Crippen molar-refractivity contribution in [3.8, 4) is 0 Å². The van der Waals surface area contributed by atoms with Crippen LogP contribution in [0.25, 0.3) is 0 Å². The number of aromatic nitrogens is 2. The monoisotopic (exact) mass is 226 g/mol. The van der Waals surface area contributed by atoms with Crippen LogP contribution in [-0.4, -0.2) is 14.9 Å². The molecule has 2 N–H and O–H groups in total. The maximum absolute atomic E-state index is 11.8. The van der Waals surface area contributed by atoms with E-state index in [1.54, 1.807) is 0 Å². The van der Waals surface area contributed by atoms with E-state index in [1.165, 1.54) is 13.8 Å². The molecule has 1 heterocycles. The molecule has 0 amide bonds. The molecular weight excluding hydrogens is 212 g/mol. The fourth-order valence-electron chi connectivity index (χ4n) is 2.06. The molecule has 0 saturated carbocycles. The Morgan fingerprint density at radius 3 is 2.50 bits per heavy atom. The van der Waals surface area contributed by atoms with Gasteiger partial charge in [-0.1, -0.05) is 0 Å². The number of aliphatic hydroxyl groups is 2. The van der Waals surface area contributed by atoms with Gasteiger partial charge in [0.15, 0.2) is 0 Å². The van der Waals surface area contributed by atoms with Gasteiger partial charge in [0.25, 0.3) is 11.4 Å². The van der Waals surface area contributed by atoms with Crippen molar-refractivity contribution in [2.24, 2.45) is 0 Å². The number of nitrogens with zero attached hydrogens (tertiary/aromatic N) is 2. The summed E-state index contributed by atoms with van der Waals surface area (Å²) in [7, 11) is 0. The number of aliphatic hydroxyl groups excluding tert-OH is 2. The predicted octanol–water partition coefficient (Wildman–Crippen LogP) is 0.226. The molecule has 0 radical (unpaired) electrons. The van der Waals surface area contributed by atoms with E-state index >= 15 is 0 Å². The van der Waals surface area contributed by atoms with E-state index in [-0.39, 0.29) is 22.8 Å². The largest absolute Gasteiger partial charge is 0.805 e. The Kier molecular flexibility index (Phi) is 2.47. The highest BCUT2D eigenvalue weighted by Crippen LogP contribution is 2.34. The van der Waals surface area contributed by atoms with E-state index < -0.39 is 12.2 Å². The average molecular weight is 226 g/mol. The Labute approximate surface area is 92.0 Å². The lowest BCUT2D eigenvalue weighted by molar-refractivity contribution is -0.522. The van der Waals surface area contributed by atoms with Gasteiger partial charge in [0.2, 0.25) is 0 Å². The fourth-order valence-corrected chi connectivity index (χ4v) is 2.06. The zero-order valence-electron chi connectivity index (χ0n) is 9.17. The summed E-state index contributed by atoms with van der Waals surface area (Å²) in [6.45, 7) is 3.04. The van der Waals surface area contributed by atoms with Crippen LogP contribution in [0.15, 0.2) is 0 Å². The molecule has 0 spiro atoms. The fraction of sp³-hybridized carbons (Fsp3) is 0.600. The molecule has 0 bridgehead atoms. The van der Waals surface area contributed by atoms with Gasteiger partial charge in [-0.15, -0.1) is 0 Å². The molecule has 88 valence electrons. The van der Waals surface area contributed by atoms with Crippen molar-refractivity contribution in [3.05, 3.63) is 32.9 Å². The Balaban J connectivity index is 2.84. The standard InChI is InChI=1S/C10H14N2O4/c1-5-6(2)12(16)10-8(14)4-3-7(13)9(10)11(5)15/h7-8,13-14H,3-4H2,1-2H3. The summed E-state index contributed by atoms with van der Waals surface area (Å²) in [6.07, 6.45) is -1.37. The minimum Gasteiger partial charge on any atom is -0.805 e. The van der Waals surface area contributed by atoms with E-state index in [2.05, 4.69) is 0 Å². The molecule has 0 saturated heterocycles. The number of hydrogen-bond donors (Lipinski definition) is 2. The van der Waals surface area contributed by atoms with Crippen molar-refractivity contribution in [1.29, 1.82) is 0 Å². The molecule has 0 fully saturated rings. The van der Waals surface area contributed by atoms with Crippen LogP contribution in [0.2, 0.25) is 0 Å². The zero-order chi connectivity index (χ0) is 12.0. The van der Waals surface area contributed by atoms with Crippen LogP contribution in [-0.2, 0) is 0 Å². The Bertz CT molecular complexity index is 495. The van der Waals surface area contributed by atoms with Gasteiger partial charge in [-0.05, 0) is 19.8 Å². The van der Waals surface area contributed by atoms with E-state index in [9.17, 15) is 20.3 Å². The third-order valence-corrected chi connectivity index (χ3v) is 3.18. The van der Waals surface area contributed by atoms with Crippen LogP contribution >= 0.6 is 0 Å². The van der Waals surface area contributed by atoms with Crippen LogP contribution in [0, 0.1) is 24.0 Å². The molecule has 1 aliphatic rings. The highest BCUT2D eigenvalue weighted by Gasteiger charge is 2.36. The molecule has 1 aromatic rings. The Hall–Kier alpha value is -1.40. The predicted molar refractivity (Wildman–Crippen MR) is 55.2 cm³/mol. The minimum atomic E-state index is -0.976. The second kappa shape index (κ2) is 3.57. The van der Waals surface area contributed by atoms with E-state index in [4.69, 9.17) is 0 Å². The quantitative estimate of drug-likeness (QED) is 0.619. The van der Waals surface area contributed by atoms with Gasteiger partial charge < -0.3 is 20.2 Å². The van der Waals surface area contributed by atoms with Gasteiger partial charge in [-0.3, -0.25) is 0 Å². The minimum absolute atomic E-state index is 0.0168. The van der Waals surface area contributed by atoms with E-state index in [0.717, 1.165) is 0 Å². The van der Waals surface area contributed by atoms with Gasteiger partial charge in [0, 0.05) is 11.8 Å². The van der Waals surface area contributed by atoms with Crippen LogP contribution in [0.4, 0.5) is 0 Å². The smallest absolute Gasteiger partial charge is 0.289 e. The second-order valence-electron chi connectivity index (χ2n) is 4.14. The molecule has 1 aliphatic carbocycles. The molecule has 1 aromatic heterocycles.